The molecule has 0 unspecified atom stereocenters. The second kappa shape index (κ2) is 6.11. The topological polar surface area (TPSA) is 67.8 Å². The molecule has 0 aliphatic heterocycles. The van der Waals surface area contributed by atoms with Gasteiger partial charge < -0.3 is 5.32 Å². The first-order valence-electron chi connectivity index (χ1n) is 6.29. The van der Waals surface area contributed by atoms with Gasteiger partial charge in [-0.1, -0.05) is 10.6 Å². The largest absolute Gasteiger partial charge is 0.347 e. The number of carbonyl (C=O) groups excluding carboxylic acids is 1. The summed E-state index contributed by atoms with van der Waals surface area (Å²) in [7, 11) is 0. The van der Waals surface area contributed by atoms with Crippen LogP contribution >= 0.6 is 22.9 Å². The zero-order valence-electron chi connectivity index (χ0n) is 11.2. The van der Waals surface area contributed by atoms with E-state index in [1.807, 2.05) is 23.7 Å². The van der Waals surface area contributed by atoms with Crippen molar-refractivity contribution in [3.05, 3.63) is 52.1 Å². The Labute approximate surface area is 129 Å². The number of nitrogens with zero attached hydrogens (tertiary/aromatic N) is 3. The Kier molecular flexibility index (Phi) is 4.03. The van der Waals surface area contributed by atoms with Crippen molar-refractivity contribution in [3.63, 3.8) is 0 Å². The molecule has 0 spiro atoms. The molecule has 106 valence electrons. The van der Waals surface area contributed by atoms with Crippen molar-refractivity contribution in [3.8, 4) is 10.4 Å². The minimum absolute atomic E-state index is 0.149. The molecule has 0 atom stereocenters. The zero-order chi connectivity index (χ0) is 14.7. The van der Waals surface area contributed by atoms with Crippen LogP contribution in [0.4, 0.5) is 0 Å². The molecule has 0 saturated heterocycles. The Morgan fingerprint density at radius 1 is 1.38 bits per heavy atom. The Morgan fingerprint density at radius 2 is 2.29 bits per heavy atom. The summed E-state index contributed by atoms with van der Waals surface area (Å²) in [5, 5.41) is 8.74. The number of hydrogen-bond acceptors (Lipinski definition) is 6. The molecule has 3 heterocycles. The van der Waals surface area contributed by atoms with Gasteiger partial charge >= 0.3 is 0 Å². The van der Waals surface area contributed by atoms with Crippen molar-refractivity contribution in [2.45, 2.75) is 13.5 Å². The second-order valence-corrected chi connectivity index (χ2v) is 6.13. The maximum absolute atomic E-state index is 12.0. The summed E-state index contributed by atoms with van der Waals surface area (Å²) >= 11 is 2.77. The van der Waals surface area contributed by atoms with Crippen molar-refractivity contribution in [2.24, 2.45) is 0 Å². The molecule has 0 aliphatic rings. The fourth-order valence-electron chi connectivity index (χ4n) is 1.86. The number of aryl methyl sites for hydroxylation is 1. The molecular formula is C14H12N4OS2. The first kappa shape index (κ1) is 13.8. The SMILES string of the molecule is Cc1nnsc1C(=O)NCc1cncc(-c2cccs2)c1. The molecule has 0 fully saturated rings. The van der Waals surface area contributed by atoms with Crippen molar-refractivity contribution in [1.29, 1.82) is 0 Å². The van der Waals surface area contributed by atoms with E-state index >= 15 is 0 Å². The van der Waals surface area contributed by atoms with E-state index in [0.29, 0.717) is 17.1 Å². The quantitative estimate of drug-likeness (QED) is 0.803. The van der Waals surface area contributed by atoms with Crippen molar-refractivity contribution in [2.75, 3.05) is 0 Å². The van der Waals surface area contributed by atoms with Crippen LogP contribution in [0, 0.1) is 6.92 Å². The molecule has 3 rings (SSSR count). The maximum Gasteiger partial charge on any atom is 0.265 e. The van der Waals surface area contributed by atoms with Crippen LogP contribution in [0.1, 0.15) is 20.9 Å². The van der Waals surface area contributed by atoms with E-state index in [1.54, 1.807) is 24.5 Å². The van der Waals surface area contributed by atoms with Crippen LogP contribution in [0.3, 0.4) is 0 Å². The summed E-state index contributed by atoms with van der Waals surface area (Å²) in [5.41, 5.74) is 2.68. The molecule has 0 aliphatic carbocycles. The Morgan fingerprint density at radius 3 is 3.00 bits per heavy atom. The van der Waals surface area contributed by atoms with Crippen LogP contribution in [0.2, 0.25) is 0 Å². The van der Waals surface area contributed by atoms with Crippen LogP contribution in [-0.2, 0) is 6.54 Å². The van der Waals surface area contributed by atoms with Gasteiger partial charge in [-0.3, -0.25) is 9.78 Å². The number of hydrogen-bond donors (Lipinski definition) is 1. The molecule has 7 heteroatoms. The second-order valence-electron chi connectivity index (χ2n) is 4.43. The van der Waals surface area contributed by atoms with E-state index in [9.17, 15) is 4.79 Å². The number of amides is 1. The van der Waals surface area contributed by atoms with Gasteiger partial charge in [-0.25, -0.2) is 0 Å². The maximum atomic E-state index is 12.0. The minimum Gasteiger partial charge on any atom is -0.347 e. The molecule has 21 heavy (non-hydrogen) atoms. The average Bonchev–Trinajstić information content (AvgIpc) is 3.16. The van der Waals surface area contributed by atoms with E-state index < -0.39 is 0 Å². The number of pyridine rings is 1. The third-order valence-electron chi connectivity index (χ3n) is 2.91. The standard InChI is InChI=1S/C14H12N4OS2/c1-9-13(21-18-17-9)14(19)16-7-10-5-11(8-15-6-10)12-3-2-4-20-12/h2-6,8H,7H2,1H3,(H,16,19). The molecule has 0 radical (unpaired) electrons. The molecule has 1 amide bonds. The molecule has 3 aromatic rings. The average molecular weight is 316 g/mol. The summed E-state index contributed by atoms with van der Waals surface area (Å²) in [4.78, 5) is 18.0. The van der Waals surface area contributed by atoms with Crippen molar-refractivity contribution < 1.29 is 4.79 Å². The normalized spacial score (nSPS) is 10.5. The fraction of sp³-hybridized carbons (Fsp3) is 0.143. The van der Waals surface area contributed by atoms with Crippen LogP contribution in [0.25, 0.3) is 10.4 Å². The summed E-state index contributed by atoms with van der Waals surface area (Å²) in [5.74, 6) is -0.149. The number of carbonyl (C=O) groups is 1. The first-order valence-corrected chi connectivity index (χ1v) is 7.94. The third-order valence-corrected chi connectivity index (χ3v) is 4.66. The van der Waals surface area contributed by atoms with E-state index in [0.717, 1.165) is 27.5 Å². The van der Waals surface area contributed by atoms with Gasteiger partial charge in [0.25, 0.3) is 5.91 Å². The van der Waals surface area contributed by atoms with Gasteiger partial charge in [0.15, 0.2) is 0 Å². The third kappa shape index (κ3) is 3.14. The molecule has 0 saturated carbocycles. The van der Waals surface area contributed by atoms with E-state index in [-0.39, 0.29) is 5.91 Å². The predicted octanol–water partition coefficient (Wildman–Crippen LogP) is 2.90. The number of rotatable bonds is 4. The van der Waals surface area contributed by atoms with Gasteiger partial charge in [0.1, 0.15) is 4.88 Å². The lowest BCUT2D eigenvalue weighted by atomic mass is 10.2. The van der Waals surface area contributed by atoms with Crippen LogP contribution in [-0.4, -0.2) is 20.5 Å². The Balaban J connectivity index is 1.70. The highest BCUT2D eigenvalue weighted by Gasteiger charge is 2.12. The van der Waals surface area contributed by atoms with E-state index in [2.05, 4.69) is 26.0 Å². The van der Waals surface area contributed by atoms with Gasteiger partial charge in [-0.05, 0) is 41.5 Å². The van der Waals surface area contributed by atoms with Gasteiger partial charge in [-0.15, -0.1) is 16.4 Å². The predicted molar refractivity (Wildman–Crippen MR) is 83.4 cm³/mol. The van der Waals surface area contributed by atoms with Crippen LogP contribution < -0.4 is 5.32 Å². The first-order chi connectivity index (χ1) is 10.2. The summed E-state index contributed by atoms with van der Waals surface area (Å²) in [6.45, 7) is 2.21. The molecule has 0 aromatic carbocycles. The lowest BCUT2D eigenvalue weighted by Gasteiger charge is -2.05. The molecule has 0 bridgehead atoms. The molecule has 5 nitrogen and oxygen atoms in total. The number of nitrogens with one attached hydrogen (secondary N) is 1. The van der Waals surface area contributed by atoms with Gasteiger partial charge in [-0.2, -0.15) is 0 Å². The fourth-order valence-corrected chi connectivity index (χ4v) is 3.15. The monoisotopic (exact) mass is 316 g/mol. The summed E-state index contributed by atoms with van der Waals surface area (Å²) in [6, 6.07) is 6.10. The van der Waals surface area contributed by atoms with Crippen LogP contribution in [0.5, 0.6) is 0 Å². The molecule has 1 N–H and O–H groups in total. The number of aromatic nitrogens is 3. The van der Waals surface area contributed by atoms with Gasteiger partial charge in [0.2, 0.25) is 0 Å². The Hall–Kier alpha value is -2.12. The minimum atomic E-state index is -0.149. The van der Waals surface area contributed by atoms with Crippen molar-refractivity contribution in [1.82, 2.24) is 19.9 Å². The lowest BCUT2D eigenvalue weighted by molar-refractivity contribution is 0.0954. The summed E-state index contributed by atoms with van der Waals surface area (Å²) in [6.07, 6.45) is 3.59. The number of thiophene rings is 1. The van der Waals surface area contributed by atoms with Crippen molar-refractivity contribution >= 4 is 28.8 Å². The zero-order valence-corrected chi connectivity index (χ0v) is 12.9. The smallest absolute Gasteiger partial charge is 0.265 e. The Bertz CT molecular complexity index is 752. The highest BCUT2D eigenvalue weighted by molar-refractivity contribution is 7.13. The van der Waals surface area contributed by atoms with E-state index in [1.165, 1.54) is 0 Å². The molecule has 3 aromatic heterocycles. The highest BCUT2D eigenvalue weighted by Crippen LogP contribution is 2.24. The van der Waals surface area contributed by atoms with E-state index in [4.69, 9.17) is 0 Å². The lowest BCUT2D eigenvalue weighted by Crippen LogP contribution is -2.22. The van der Waals surface area contributed by atoms with Gasteiger partial charge in [0.05, 0.1) is 5.69 Å². The molecular weight excluding hydrogens is 304 g/mol. The van der Waals surface area contributed by atoms with Crippen LogP contribution in [0.15, 0.2) is 36.0 Å². The summed E-state index contributed by atoms with van der Waals surface area (Å²) < 4.78 is 3.77. The highest BCUT2D eigenvalue weighted by atomic mass is 32.1. The van der Waals surface area contributed by atoms with Gasteiger partial charge in [0, 0.05) is 29.4 Å².